The molecular weight excluding hydrogens is 316 g/mol. The number of para-hydroxylation sites is 1. The van der Waals surface area contributed by atoms with Gasteiger partial charge < -0.3 is 9.64 Å². The van der Waals surface area contributed by atoms with Crippen LogP contribution in [0, 0.1) is 0 Å². The molecule has 1 aliphatic heterocycles. The summed E-state index contributed by atoms with van der Waals surface area (Å²) in [5.74, 6) is 0. The lowest BCUT2D eigenvalue weighted by Crippen LogP contribution is -2.41. The van der Waals surface area contributed by atoms with E-state index in [-0.39, 0.29) is 12.1 Å². The Labute approximate surface area is 140 Å². The Morgan fingerprint density at radius 3 is 2.96 bits per heavy atom. The number of carbonyl (C=O) groups excluding carboxylic acids is 1. The van der Waals surface area contributed by atoms with E-state index in [0.29, 0.717) is 18.1 Å². The number of fused-ring (bicyclic) bond motifs is 1. The van der Waals surface area contributed by atoms with Crippen LogP contribution in [0.15, 0.2) is 18.2 Å². The van der Waals surface area contributed by atoms with Crippen LogP contribution in [-0.2, 0) is 11.3 Å². The van der Waals surface area contributed by atoms with E-state index in [1.165, 1.54) is 0 Å². The Morgan fingerprint density at radius 1 is 1.43 bits per heavy atom. The molecule has 1 aromatic heterocycles. The highest BCUT2D eigenvalue weighted by Crippen LogP contribution is 2.25. The van der Waals surface area contributed by atoms with E-state index >= 15 is 0 Å². The van der Waals surface area contributed by atoms with E-state index in [2.05, 4.69) is 10.3 Å². The van der Waals surface area contributed by atoms with Crippen molar-refractivity contribution in [3.8, 4) is 0 Å². The molecule has 0 N–H and O–H groups in total. The summed E-state index contributed by atoms with van der Waals surface area (Å²) in [6.45, 7) is 6.90. The molecule has 0 saturated carbocycles. The molecule has 7 heteroatoms. The average Bonchev–Trinajstić information content (AvgIpc) is 3.05. The fourth-order valence-corrected chi connectivity index (χ4v) is 3.17. The predicted molar refractivity (Wildman–Crippen MR) is 88.5 cm³/mol. The quantitative estimate of drug-likeness (QED) is 0.842. The lowest BCUT2D eigenvalue weighted by Gasteiger charge is -2.28. The molecule has 124 valence electrons. The van der Waals surface area contributed by atoms with Crippen molar-refractivity contribution in [1.29, 1.82) is 0 Å². The lowest BCUT2D eigenvalue weighted by molar-refractivity contribution is 0.0212. The van der Waals surface area contributed by atoms with Gasteiger partial charge in [-0.3, -0.25) is 0 Å². The third-order valence-electron chi connectivity index (χ3n) is 3.87. The molecular formula is C16H21ClN4O2. The maximum absolute atomic E-state index is 12.4. The summed E-state index contributed by atoms with van der Waals surface area (Å²) in [5.41, 5.74) is 1.08. The maximum Gasteiger partial charge on any atom is 0.410 e. The number of amides is 1. The van der Waals surface area contributed by atoms with E-state index in [9.17, 15) is 4.79 Å². The van der Waals surface area contributed by atoms with Crippen molar-refractivity contribution < 1.29 is 9.53 Å². The second kappa shape index (κ2) is 6.00. The number of likely N-dealkylation sites (tertiary alicyclic amines) is 1. The van der Waals surface area contributed by atoms with Crippen molar-refractivity contribution in [2.24, 2.45) is 0 Å². The molecule has 1 aliphatic rings. The predicted octanol–water partition coefficient (Wildman–Crippen LogP) is 3.48. The van der Waals surface area contributed by atoms with Gasteiger partial charge in [-0.05, 0) is 45.7 Å². The zero-order valence-corrected chi connectivity index (χ0v) is 14.4. The number of ether oxygens (including phenoxy) is 1. The first kappa shape index (κ1) is 16.1. The summed E-state index contributed by atoms with van der Waals surface area (Å²) in [4.78, 5) is 14.2. The zero-order valence-electron chi connectivity index (χ0n) is 13.6. The van der Waals surface area contributed by atoms with Crippen LogP contribution >= 0.6 is 11.6 Å². The van der Waals surface area contributed by atoms with Crippen molar-refractivity contribution in [2.75, 3.05) is 6.54 Å². The highest BCUT2D eigenvalue weighted by Gasteiger charge is 2.33. The van der Waals surface area contributed by atoms with Gasteiger partial charge in [-0.1, -0.05) is 22.9 Å². The first-order valence-corrected chi connectivity index (χ1v) is 8.20. The summed E-state index contributed by atoms with van der Waals surface area (Å²) in [6.07, 6.45) is 1.62. The Bertz CT molecular complexity index is 722. The van der Waals surface area contributed by atoms with Gasteiger partial charge in [0.2, 0.25) is 0 Å². The zero-order chi connectivity index (χ0) is 16.6. The highest BCUT2D eigenvalue weighted by atomic mass is 35.5. The molecule has 1 saturated heterocycles. The fourth-order valence-electron chi connectivity index (χ4n) is 2.90. The Balaban J connectivity index is 1.79. The SMILES string of the molecule is CC(C)(C)OC(=O)N1CCCC1Cn1nnc2cccc(Cl)c21. The van der Waals surface area contributed by atoms with Crippen molar-refractivity contribution in [1.82, 2.24) is 19.9 Å². The molecule has 0 aliphatic carbocycles. The molecule has 0 spiro atoms. The lowest BCUT2D eigenvalue weighted by atomic mass is 10.2. The summed E-state index contributed by atoms with van der Waals surface area (Å²) in [5, 5.41) is 8.96. The summed E-state index contributed by atoms with van der Waals surface area (Å²) >= 11 is 6.27. The first-order chi connectivity index (χ1) is 10.8. The van der Waals surface area contributed by atoms with E-state index in [1.807, 2.05) is 39.0 Å². The van der Waals surface area contributed by atoms with Gasteiger partial charge in [0.15, 0.2) is 0 Å². The summed E-state index contributed by atoms with van der Waals surface area (Å²) < 4.78 is 7.28. The van der Waals surface area contributed by atoms with E-state index in [1.54, 1.807) is 9.58 Å². The second-order valence-corrected chi connectivity index (χ2v) is 7.26. The van der Waals surface area contributed by atoms with Gasteiger partial charge in [0.1, 0.15) is 16.6 Å². The molecule has 1 aromatic carbocycles. The summed E-state index contributed by atoms with van der Waals surface area (Å²) in [7, 11) is 0. The number of benzene rings is 1. The molecule has 0 radical (unpaired) electrons. The van der Waals surface area contributed by atoms with E-state index in [4.69, 9.17) is 16.3 Å². The van der Waals surface area contributed by atoms with Crippen molar-refractivity contribution in [3.63, 3.8) is 0 Å². The van der Waals surface area contributed by atoms with Gasteiger partial charge in [0.25, 0.3) is 0 Å². The minimum atomic E-state index is -0.493. The normalized spacial score (nSPS) is 18.6. The van der Waals surface area contributed by atoms with Gasteiger partial charge in [0, 0.05) is 6.54 Å². The number of halogens is 1. The monoisotopic (exact) mass is 336 g/mol. The minimum Gasteiger partial charge on any atom is -0.444 e. The molecule has 1 unspecified atom stereocenters. The standard InChI is InChI=1S/C16H21ClN4O2/c1-16(2,3)23-15(22)20-9-5-6-11(20)10-21-14-12(17)7-4-8-13(14)18-19-21/h4,7-8,11H,5-6,9-10H2,1-3H3. The molecule has 6 nitrogen and oxygen atoms in total. The topological polar surface area (TPSA) is 60.2 Å². The molecule has 1 amide bonds. The smallest absolute Gasteiger partial charge is 0.410 e. The number of hydrogen-bond donors (Lipinski definition) is 0. The van der Waals surface area contributed by atoms with Crippen LogP contribution < -0.4 is 0 Å². The Hall–Kier alpha value is -1.82. The Kier molecular flexibility index (Phi) is 4.19. The number of carbonyl (C=O) groups is 1. The van der Waals surface area contributed by atoms with Gasteiger partial charge in [0.05, 0.1) is 17.6 Å². The third kappa shape index (κ3) is 3.42. The molecule has 1 atom stereocenters. The van der Waals surface area contributed by atoms with E-state index < -0.39 is 5.60 Å². The second-order valence-electron chi connectivity index (χ2n) is 6.85. The number of aromatic nitrogens is 3. The van der Waals surface area contributed by atoms with Crippen molar-refractivity contribution in [3.05, 3.63) is 23.2 Å². The highest BCUT2D eigenvalue weighted by molar-refractivity contribution is 6.34. The van der Waals surface area contributed by atoms with Crippen LogP contribution in [0.1, 0.15) is 33.6 Å². The molecule has 0 bridgehead atoms. The van der Waals surface area contributed by atoms with Crippen molar-refractivity contribution in [2.45, 2.75) is 51.8 Å². The van der Waals surface area contributed by atoms with Gasteiger partial charge in [-0.15, -0.1) is 5.10 Å². The minimum absolute atomic E-state index is 0.0472. The van der Waals surface area contributed by atoms with Crippen LogP contribution in [0.25, 0.3) is 11.0 Å². The van der Waals surface area contributed by atoms with Crippen LogP contribution in [0.5, 0.6) is 0 Å². The molecule has 2 aromatic rings. The fraction of sp³-hybridized carbons (Fsp3) is 0.562. The van der Waals surface area contributed by atoms with Crippen LogP contribution in [0.2, 0.25) is 5.02 Å². The van der Waals surface area contributed by atoms with E-state index in [0.717, 1.165) is 23.9 Å². The van der Waals surface area contributed by atoms with Crippen LogP contribution in [-0.4, -0.2) is 44.2 Å². The van der Waals surface area contributed by atoms with Gasteiger partial charge in [-0.2, -0.15) is 0 Å². The molecule has 3 rings (SSSR count). The van der Waals surface area contributed by atoms with Crippen LogP contribution in [0.4, 0.5) is 4.79 Å². The Morgan fingerprint density at radius 2 is 2.22 bits per heavy atom. The van der Waals surface area contributed by atoms with Gasteiger partial charge in [-0.25, -0.2) is 9.48 Å². The van der Waals surface area contributed by atoms with Crippen LogP contribution in [0.3, 0.4) is 0 Å². The molecule has 2 heterocycles. The number of rotatable bonds is 2. The largest absolute Gasteiger partial charge is 0.444 e. The van der Waals surface area contributed by atoms with Crippen molar-refractivity contribution >= 4 is 28.7 Å². The van der Waals surface area contributed by atoms with Gasteiger partial charge >= 0.3 is 6.09 Å². The summed E-state index contributed by atoms with van der Waals surface area (Å²) in [6, 6.07) is 5.60. The average molecular weight is 337 g/mol. The maximum atomic E-state index is 12.4. The molecule has 23 heavy (non-hydrogen) atoms. The number of hydrogen-bond acceptors (Lipinski definition) is 4. The molecule has 1 fully saturated rings. The first-order valence-electron chi connectivity index (χ1n) is 7.82. The number of nitrogens with zero attached hydrogens (tertiary/aromatic N) is 4. The third-order valence-corrected chi connectivity index (χ3v) is 4.18.